The molecule has 0 heterocycles. The van der Waals surface area contributed by atoms with E-state index in [0.29, 0.717) is 17.0 Å². The van der Waals surface area contributed by atoms with Gasteiger partial charge in [-0.05, 0) is 50.3 Å². The molecule has 1 aliphatic carbocycles. The Bertz CT molecular complexity index is 548. The predicted molar refractivity (Wildman–Crippen MR) is 72.8 cm³/mol. The molecule has 0 bridgehead atoms. The summed E-state index contributed by atoms with van der Waals surface area (Å²) in [6.45, 7) is 3.89. The summed E-state index contributed by atoms with van der Waals surface area (Å²) >= 11 is 0. The Morgan fingerprint density at radius 2 is 2.06 bits per heavy atom. The van der Waals surface area contributed by atoms with Crippen LogP contribution in [0.25, 0.3) is 0 Å². The van der Waals surface area contributed by atoms with E-state index in [9.17, 15) is 8.42 Å². The zero-order valence-corrected chi connectivity index (χ0v) is 11.7. The number of benzene rings is 1. The zero-order chi connectivity index (χ0) is 13.4. The Balaban J connectivity index is 2.37. The third-order valence-corrected chi connectivity index (χ3v) is 5.32. The fraction of sp³-hybridized carbons (Fsp3) is 0.538. The standard InChI is InChI=1S/C13H20N2O2S/c1-3-10-5-6-11(14)9-12(10)18(16,17)15-13(2)7-4-8-13/h5-6,9,15H,3-4,7-8,14H2,1-2H3. The molecule has 100 valence electrons. The van der Waals surface area contributed by atoms with Crippen LogP contribution < -0.4 is 10.5 Å². The van der Waals surface area contributed by atoms with Crippen molar-refractivity contribution in [2.75, 3.05) is 5.73 Å². The highest BCUT2D eigenvalue weighted by atomic mass is 32.2. The van der Waals surface area contributed by atoms with Crippen LogP contribution in [0.2, 0.25) is 0 Å². The third kappa shape index (κ3) is 2.52. The van der Waals surface area contributed by atoms with Gasteiger partial charge in [-0.15, -0.1) is 0 Å². The van der Waals surface area contributed by atoms with Gasteiger partial charge < -0.3 is 5.73 Å². The molecule has 0 spiro atoms. The number of sulfonamides is 1. The van der Waals surface area contributed by atoms with Crippen LogP contribution in [-0.2, 0) is 16.4 Å². The van der Waals surface area contributed by atoms with E-state index >= 15 is 0 Å². The fourth-order valence-electron chi connectivity index (χ4n) is 2.30. The second-order valence-corrected chi connectivity index (χ2v) is 6.89. The normalized spacial score (nSPS) is 18.3. The molecule has 3 N–H and O–H groups in total. The fourth-order valence-corrected chi connectivity index (χ4v) is 4.11. The lowest BCUT2D eigenvalue weighted by atomic mass is 9.80. The van der Waals surface area contributed by atoms with Gasteiger partial charge in [0.05, 0.1) is 4.90 Å². The maximum Gasteiger partial charge on any atom is 0.241 e. The SMILES string of the molecule is CCc1ccc(N)cc1S(=O)(=O)NC1(C)CCC1. The number of hydrogen-bond acceptors (Lipinski definition) is 3. The maximum atomic E-state index is 12.4. The van der Waals surface area contributed by atoms with Crippen molar-refractivity contribution in [3.05, 3.63) is 23.8 Å². The third-order valence-electron chi connectivity index (χ3n) is 3.60. The molecule has 4 nitrogen and oxygen atoms in total. The van der Waals surface area contributed by atoms with Gasteiger partial charge >= 0.3 is 0 Å². The largest absolute Gasteiger partial charge is 0.399 e. The summed E-state index contributed by atoms with van der Waals surface area (Å²) in [6.07, 6.45) is 3.55. The summed E-state index contributed by atoms with van der Waals surface area (Å²) in [5.41, 5.74) is 6.70. The minimum atomic E-state index is -3.47. The summed E-state index contributed by atoms with van der Waals surface area (Å²) in [6, 6.07) is 5.07. The Morgan fingerprint density at radius 1 is 1.39 bits per heavy atom. The number of nitrogens with one attached hydrogen (secondary N) is 1. The van der Waals surface area contributed by atoms with E-state index in [1.165, 1.54) is 0 Å². The van der Waals surface area contributed by atoms with E-state index in [2.05, 4.69) is 4.72 Å². The molecule has 1 saturated carbocycles. The van der Waals surface area contributed by atoms with Gasteiger partial charge in [-0.1, -0.05) is 13.0 Å². The number of nitrogens with two attached hydrogens (primary N) is 1. The van der Waals surface area contributed by atoms with Crippen LogP contribution in [0.15, 0.2) is 23.1 Å². The summed E-state index contributed by atoms with van der Waals surface area (Å²) in [4.78, 5) is 0.318. The average Bonchev–Trinajstić information content (AvgIpc) is 2.26. The molecule has 1 aliphatic rings. The van der Waals surface area contributed by atoms with Crippen LogP contribution in [0.3, 0.4) is 0 Å². The molecular formula is C13H20N2O2S. The zero-order valence-electron chi connectivity index (χ0n) is 10.9. The van der Waals surface area contributed by atoms with Crippen LogP contribution in [0.1, 0.15) is 38.7 Å². The summed E-state index contributed by atoms with van der Waals surface area (Å²) in [7, 11) is -3.47. The van der Waals surface area contributed by atoms with Crippen LogP contribution >= 0.6 is 0 Å². The van der Waals surface area contributed by atoms with Gasteiger partial charge in [-0.25, -0.2) is 13.1 Å². The lowest BCUT2D eigenvalue weighted by Gasteiger charge is -2.38. The van der Waals surface area contributed by atoms with Crippen LogP contribution in [0.4, 0.5) is 5.69 Å². The summed E-state index contributed by atoms with van der Waals surface area (Å²) < 4.78 is 27.6. The molecule has 0 atom stereocenters. The second-order valence-electron chi connectivity index (χ2n) is 5.24. The monoisotopic (exact) mass is 268 g/mol. The number of hydrogen-bond donors (Lipinski definition) is 2. The molecule has 1 fully saturated rings. The lowest BCUT2D eigenvalue weighted by Crippen LogP contribution is -2.50. The predicted octanol–water partition coefficient (Wildman–Crippen LogP) is 2.05. The van der Waals surface area contributed by atoms with Crippen LogP contribution in [0.5, 0.6) is 0 Å². The van der Waals surface area contributed by atoms with E-state index in [4.69, 9.17) is 5.73 Å². The van der Waals surface area contributed by atoms with Crippen molar-refractivity contribution < 1.29 is 8.42 Å². The van der Waals surface area contributed by atoms with Gasteiger partial charge in [0.15, 0.2) is 0 Å². The van der Waals surface area contributed by atoms with E-state index < -0.39 is 10.0 Å². The van der Waals surface area contributed by atoms with Gasteiger partial charge in [-0.2, -0.15) is 0 Å². The molecule has 0 unspecified atom stereocenters. The molecule has 1 aromatic rings. The summed E-state index contributed by atoms with van der Waals surface area (Å²) in [5.74, 6) is 0. The molecule has 0 aromatic heterocycles. The smallest absolute Gasteiger partial charge is 0.241 e. The van der Waals surface area contributed by atoms with Crippen molar-refractivity contribution in [1.29, 1.82) is 0 Å². The van der Waals surface area contributed by atoms with Gasteiger partial charge in [-0.3, -0.25) is 0 Å². The minimum absolute atomic E-state index is 0.283. The lowest BCUT2D eigenvalue weighted by molar-refractivity contribution is 0.248. The van der Waals surface area contributed by atoms with Crippen LogP contribution in [0, 0.1) is 0 Å². The Morgan fingerprint density at radius 3 is 2.56 bits per heavy atom. The van der Waals surface area contributed by atoms with Crippen molar-refractivity contribution in [2.45, 2.75) is 50.0 Å². The second kappa shape index (κ2) is 4.55. The highest BCUT2D eigenvalue weighted by Crippen LogP contribution is 2.33. The van der Waals surface area contributed by atoms with Gasteiger partial charge in [0, 0.05) is 11.2 Å². The first-order chi connectivity index (χ1) is 8.36. The molecule has 2 rings (SSSR count). The van der Waals surface area contributed by atoms with Crippen molar-refractivity contribution in [3.8, 4) is 0 Å². The van der Waals surface area contributed by atoms with Gasteiger partial charge in [0.2, 0.25) is 10.0 Å². The van der Waals surface area contributed by atoms with E-state index in [0.717, 1.165) is 24.8 Å². The number of rotatable bonds is 4. The Kier molecular flexibility index (Phi) is 3.38. The van der Waals surface area contributed by atoms with Crippen molar-refractivity contribution >= 4 is 15.7 Å². The number of anilines is 1. The number of aryl methyl sites for hydroxylation is 1. The minimum Gasteiger partial charge on any atom is -0.399 e. The molecule has 0 saturated heterocycles. The molecule has 0 aliphatic heterocycles. The van der Waals surface area contributed by atoms with Crippen LogP contribution in [-0.4, -0.2) is 14.0 Å². The quantitative estimate of drug-likeness (QED) is 0.821. The Labute approximate surface area is 109 Å². The molecular weight excluding hydrogens is 248 g/mol. The summed E-state index contributed by atoms with van der Waals surface area (Å²) in [5, 5.41) is 0. The van der Waals surface area contributed by atoms with E-state index in [-0.39, 0.29) is 5.54 Å². The number of nitrogen functional groups attached to an aromatic ring is 1. The van der Waals surface area contributed by atoms with E-state index in [1.54, 1.807) is 18.2 Å². The van der Waals surface area contributed by atoms with Gasteiger partial charge in [0.25, 0.3) is 0 Å². The topological polar surface area (TPSA) is 72.2 Å². The molecule has 18 heavy (non-hydrogen) atoms. The van der Waals surface area contributed by atoms with Gasteiger partial charge in [0.1, 0.15) is 0 Å². The first kappa shape index (κ1) is 13.4. The first-order valence-electron chi connectivity index (χ1n) is 6.29. The average molecular weight is 268 g/mol. The molecule has 5 heteroatoms. The molecule has 0 radical (unpaired) electrons. The first-order valence-corrected chi connectivity index (χ1v) is 7.77. The Hall–Kier alpha value is -1.07. The maximum absolute atomic E-state index is 12.4. The molecule has 1 aromatic carbocycles. The highest BCUT2D eigenvalue weighted by molar-refractivity contribution is 7.89. The molecule has 0 amide bonds. The van der Waals surface area contributed by atoms with E-state index in [1.807, 2.05) is 13.8 Å². The van der Waals surface area contributed by atoms with Crippen molar-refractivity contribution in [3.63, 3.8) is 0 Å². The van der Waals surface area contributed by atoms with Crippen molar-refractivity contribution in [2.24, 2.45) is 0 Å². The van der Waals surface area contributed by atoms with Crippen molar-refractivity contribution in [1.82, 2.24) is 4.72 Å². The highest BCUT2D eigenvalue weighted by Gasteiger charge is 2.36.